The number of carbonyl (C=O) groups excluding carboxylic acids is 1. The minimum absolute atomic E-state index is 0.0162. The van der Waals surface area contributed by atoms with Crippen LogP contribution in [0.3, 0.4) is 0 Å². The maximum Gasteiger partial charge on any atom is 0.257 e. The summed E-state index contributed by atoms with van der Waals surface area (Å²) in [5, 5.41) is 0. The Morgan fingerprint density at radius 3 is 2.71 bits per heavy atom. The van der Waals surface area contributed by atoms with Crippen molar-refractivity contribution in [2.45, 2.75) is 19.9 Å². The molecule has 1 aromatic rings. The minimum atomic E-state index is -0.593. The van der Waals surface area contributed by atoms with Crippen LogP contribution in [0, 0.1) is 5.82 Å². The van der Waals surface area contributed by atoms with Gasteiger partial charge in [-0.2, -0.15) is 0 Å². The molecule has 0 unspecified atom stereocenters. The molecule has 2 N–H and O–H groups in total. The van der Waals surface area contributed by atoms with Crippen LogP contribution < -0.4 is 5.73 Å². The normalized spacial score (nSPS) is 10.4. The second-order valence-corrected chi connectivity index (χ2v) is 4.08. The lowest BCUT2D eigenvalue weighted by atomic mass is 10.1. The number of nitrogens with zero attached hydrogens (tertiary/aromatic N) is 1. The number of carbonyl (C=O) groups is 1. The molecule has 17 heavy (non-hydrogen) atoms. The van der Waals surface area contributed by atoms with Gasteiger partial charge in [0.1, 0.15) is 5.82 Å². The van der Waals surface area contributed by atoms with E-state index in [0.29, 0.717) is 12.2 Å². The molecule has 4 heteroatoms. The van der Waals surface area contributed by atoms with Gasteiger partial charge in [-0.25, -0.2) is 4.39 Å². The lowest BCUT2D eigenvalue weighted by Crippen LogP contribution is -2.37. The van der Waals surface area contributed by atoms with Crippen LogP contribution in [0.1, 0.15) is 24.2 Å². The molecule has 0 heterocycles. The molecule has 0 fully saturated rings. The molecular formula is C13H17FN2O. The highest BCUT2D eigenvalue weighted by Crippen LogP contribution is 2.15. The molecular weight excluding hydrogens is 219 g/mol. The Labute approximate surface area is 101 Å². The van der Waals surface area contributed by atoms with Crippen molar-refractivity contribution in [3.63, 3.8) is 0 Å². The van der Waals surface area contributed by atoms with Crippen molar-refractivity contribution < 1.29 is 9.18 Å². The number of amides is 1. The Balaban J connectivity index is 3.05. The van der Waals surface area contributed by atoms with E-state index in [2.05, 4.69) is 6.58 Å². The molecule has 0 aliphatic heterocycles. The molecule has 0 saturated carbocycles. The van der Waals surface area contributed by atoms with Crippen molar-refractivity contribution in [1.29, 1.82) is 0 Å². The predicted octanol–water partition coefficient (Wildman–Crippen LogP) is 2.44. The van der Waals surface area contributed by atoms with E-state index in [9.17, 15) is 9.18 Å². The quantitative estimate of drug-likeness (QED) is 0.644. The Bertz CT molecular complexity index is 429. The molecule has 0 aliphatic carbocycles. The van der Waals surface area contributed by atoms with Gasteiger partial charge in [0.25, 0.3) is 5.91 Å². The second kappa shape index (κ2) is 5.48. The lowest BCUT2D eigenvalue weighted by molar-refractivity contribution is 0.0724. The van der Waals surface area contributed by atoms with Gasteiger partial charge in [0.15, 0.2) is 0 Å². The zero-order chi connectivity index (χ0) is 13.0. The monoisotopic (exact) mass is 236 g/mol. The molecule has 1 rings (SSSR count). The second-order valence-electron chi connectivity index (χ2n) is 4.08. The van der Waals surface area contributed by atoms with Crippen molar-refractivity contribution >= 4 is 11.6 Å². The third-order valence-electron chi connectivity index (χ3n) is 2.43. The van der Waals surface area contributed by atoms with Crippen molar-refractivity contribution in [3.8, 4) is 0 Å². The van der Waals surface area contributed by atoms with E-state index in [1.54, 1.807) is 11.0 Å². The van der Waals surface area contributed by atoms with E-state index in [1.807, 2.05) is 13.8 Å². The fourth-order valence-electron chi connectivity index (χ4n) is 1.53. The summed E-state index contributed by atoms with van der Waals surface area (Å²) in [5.74, 6) is -0.942. The third-order valence-corrected chi connectivity index (χ3v) is 2.43. The number of hydrogen-bond donors (Lipinski definition) is 1. The van der Waals surface area contributed by atoms with Crippen LogP contribution in [0.4, 0.5) is 10.1 Å². The molecule has 1 amide bonds. The molecule has 0 atom stereocenters. The first kappa shape index (κ1) is 13.2. The number of benzene rings is 1. The fraction of sp³-hybridized carbons (Fsp3) is 0.308. The summed E-state index contributed by atoms with van der Waals surface area (Å²) in [6.07, 6.45) is 1.62. The predicted molar refractivity (Wildman–Crippen MR) is 67.2 cm³/mol. The number of nitrogens with two attached hydrogens (primary N) is 1. The number of nitrogen functional groups attached to an aromatic ring is 1. The van der Waals surface area contributed by atoms with Crippen LogP contribution in [0.15, 0.2) is 30.9 Å². The SMILES string of the molecule is C=CCN(C(=O)c1ccc(N)cc1F)C(C)C. The van der Waals surface area contributed by atoms with Crippen LogP contribution in [-0.4, -0.2) is 23.4 Å². The standard InChI is InChI=1S/C13H17FN2O/c1-4-7-16(9(2)3)13(17)11-6-5-10(15)8-12(11)14/h4-6,8-9H,1,7,15H2,2-3H3. The van der Waals surface area contributed by atoms with Gasteiger partial charge >= 0.3 is 0 Å². The van der Waals surface area contributed by atoms with Gasteiger partial charge in [-0.1, -0.05) is 6.08 Å². The largest absolute Gasteiger partial charge is 0.399 e. The topological polar surface area (TPSA) is 46.3 Å². The van der Waals surface area contributed by atoms with Crippen LogP contribution in [0.2, 0.25) is 0 Å². The van der Waals surface area contributed by atoms with Crippen molar-refractivity contribution in [2.24, 2.45) is 0 Å². The maximum atomic E-state index is 13.6. The Morgan fingerprint density at radius 1 is 1.59 bits per heavy atom. The van der Waals surface area contributed by atoms with E-state index >= 15 is 0 Å². The molecule has 92 valence electrons. The molecule has 0 bridgehead atoms. The summed E-state index contributed by atoms with van der Waals surface area (Å²) >= 11 is 0. The van der Waals surface area contributed by atoms with E-state index in [1.165, 1.54) is 12.1 Å². The Kier molecular flexibility index (Phi) is 4.26. The van der Waals surface area contributed by atoms with Gasteiger partial charge in [-0.05, 0) is 32.0 Å². The van der Waals surface area contributed by atoms with Crippen molar-refractivity contribution in [3.05, 3.63) is 42.2 Å². The first-order chi connectivity index (χ1) is 7.97. The molecule has 0 spiro atoms. The van der Waals surface area contributed by atoms with Gasteiger partial charge in [-0.3, -0.25) is 4.79 Å². The van der Waals surface area contributed by atoms with E-state index in [0.717, 1.165) is 6.07 Å². The average Bonchev–Trinajstić information content (AvgIpc) is 2.24. The Morgan fingerprint density at radius 2 is 2.24 bits per heavy atom. The first-order valence-corrected chi connectivity index (χ1v) is 5.44. The number of halogens is 1. The summed E-state index contributed by atoms with van der Waals surface area (Å²) < 4.78 is 13.6. The summed E-state index contributed by atoms with van der Waals surface area (Å²) in [5.41, 5.74) is 5.78. The summed E-state index contributed by atoms with van der Waals surface area (Å²) in [6.45, 7) is 7.72. The smallest absolute Gasteiger partial charge is 0.257 e. The van der Waals surface area contributed by atoms with Crippen LogP contribution in [0.25, 0.3) is 0 Å². The van der Waals surface area contributed by atoms with Gasteiger partial charge in [-0.15, -0.1) is 6.58 Å². The highest BCUT2D eigenvalue weighted by Gasteiger charge is 2.20. The molecule has 1 aromatic carbocycles. The number of rotatable bonds is 4. The van der Waals surface area contributed by atoms with E-state index < -0.39 is 5.82 Å². The molecule has 3 nitrogen and oxygen atoms in total. The highest BCUT2D eigenvalue weighted by molar-refractivity contribution is 5.95. The van der Waals surface area contributed by atoms with Gasteiger partial charge in [0.05, 0.1) is 5.56 Å². The zero-order valence-corrected chi connectivity index (χ0v) is 10.1. The molecule has 0 aromatic heterocycles. The fourth-order valence-corrected chi connectivity index (χ4v) is 1.53. The lowest BCUT2D eigenvalue weighted by Gasteiger charge is -2.25. The zero-order valence-electron chi connectivity index (χ0n) is 10.1. The summed E-state index contributed by atoms with van der Waals surface area (Å²) in [4.78, 5) is 13.6. The van der Waals surface area contributed by atoms with Crippen LogP contribution in [0.5, 0.6) is 0 Å². The Hall–Kier alpha value is -1.84. The first-order valence-electron chi connectivity index (χ1n) is 5.44. The number of anilines is 1. The van der Waals surface area contributed by atoms with Crippen molar-refractivity contribution in [2.75, 3.05) is 12.3 Å². The van der Waals surface area contributed by atoms with Gasteiger partial charge in [0.2, 0.25) is 0 Å². The summed E-state index contributed by atoms with van der Waals surface area (Å²) in [6, 6.07) is 4.06. The summed E-state index contributed by atoms with van der Waals surface area (Å²) in [7, 11) is 0. The van der Waals surface area contributed by atoms with Crippen molar-refractivity contribution in [1.82, 2.24) is 4.90 Å². The average molecular weight is 236 g/mol. The molecule has 0 aliphatic rings. The molecule has 0 radical (unpaired) electrons. The minimum Gasteiger partial charge on any atom is -0.399 e. The number of hydrogen-bond acceptors (Lipinski definition) is 2. The van der Waals surface area contributed by atoms with Crippen LogP contribution >= 0.6 is 0 Å². The van der Waals surface area contributed by atoms with E-state index in [-0.39, 0.29) is 17.5 Å². The van der Waals surface area contributed by atoms with Gasteiger partial charge in [0, 0.05) is 18.3 Å². The van der Waals surface area contributed by atoms with Crippen LogP contribution in [-0.2, 0) is 0 Å². The maximum absolute atomic E-state index is 13.6. The highest BCUT2D eigenvalue weighted by atomic mass is 19.1. The van der Waals surface area contributed by atoms with E-state index in [4.69, 9.17) is 5.73 Å². The third kappa shape index (κ3) is 3.06. The molecule has 0 saturated heterocycles. The van der Waals surface area contributed by atoms with Gasteiger partial charge < -0.3 is 10.6 Å².